The summed E-state index contributed by atoms with van der Waals surface area (Å²) < 4.78 is 0. The van der Waals surface area contributed by atoms with Crippen molar-refractivity contribution in [3.8, 4) is 0 Å². The van der Waals surface area contributed by atoms with Gasteiger partial charge in [-0.1, -0.05) is 30.3 Å². The second-order valence-corrected chi connectivity index (χ2v) is 5.63. The minimum absolute atomic E-state index is 0.756. The molecule has 0 saturated carbocycles. The van der Waals surface area contributed by atoms with Crippen LogP contribution in [0.4, 0.5) is 0 Å². The van der Waals surface area contributed by atoms with Crippen LogP contribution in [-0.2, 0) is 13.0 Å². The Morgan fingerprint density at radius 1 is 1.22 bits per heavy atom. The second-order valence-electron chi connectivity index (χ2n) is 5.63. The van der Waals surface area contributed by atoms with Crippen molar-refractivity contribution in [3.63, 3.8) is 0 Å². The van der Waals surface area contributed by atoms with Crippen LogP contribution < -0.4 is 5.32 Å². The zero-order valence-electron chi connectivity index (χ0n) is 14.3. The number of guanidine groups is 1. The first kappa shape index (κ1) is 17.0. The number of rotatable bonds is 6. The van der Waals surface area contributed by atoms with Gasteiger partial charge in [-0.25, -0.2) is 0 Å². The van der Waals surface area contributed by atoms with E-state index in [1.54, 1.807) is 6.20 Å². The van der Waals surface area contributed by atoms with Crippen LogP contribution in [-0.4, -0.2) is 36.0 Å². The molecule has 23 heavy (non-hydrogen) atoms. The number of aromatic nitrogens is 1. The van der Waals surface area contributed by atoms with Crippen molar-refractivity contribution in [1.82, 2.24) is 15.2 Å². The van der Waals surface area contributed by atoms with Crippen LogP contribution in [0.1, 0.15) is 23.6 Å². The summed E-state index contributed by atoms with van der Waals surface area (Å²) >= 11 is 0. The minimum Gasteiger partial charge on any atom is -0.357 e. The third kappa shape index (κ3) is 5.40. The topological polar surface area (TPSA) is 40.5 Å². The Bertz CT molecular complexity index is 622. The zero-order chi connectivity index (χ0) is 16.5. The monoisotopic (exact) mass is 310 g/mol. The van der Waals surface area contributed by atoms with Gasteiger partial charge in [-0.15, -0.1) is 0 Å². The lowest BCUT2D eigenvalue weighted by Crippen LogP contribution is -2.38. The summed E-state index contributed by atoms with van der Waals surface area (Å²) in [4.78, 5) is 11.1. The van der Waals surface area contributed by atoms with Crippen molar-refractivity contribution in [2.24, 2.45) is 4.99 Å². The molecule has 0 spiro atoms. The summed E-state index contributed by atoms with van der Waals surface area (Å²) in [5.74, 6) is 0.944. The molecule has 0 aliphatic rings. The quantitative estimate of drug-likeness (QED) is 0.658. The predicted molar refractivity (Wildman–Crippen MR) is 96.6 cm³/mol. The zero-order valence-corrected chi connectivity index (χ0v) is 14.3. The Kier molecular flexibility index (Phi) is 6.60. The van der Waals surface area contributed by atoms with Gasteiger partial charge in [-0.3, -0.25) is 9.98 Å². The lowest BCUT2D eigenvalue weighted by atomic mass is 10.1. The van der Waals surface area contributed by atoms with Gasteiger partial charge >= 0.3 is 0 Å². The smallest absolute Gasteiger partial charge is 0.193 e. The molecule has 0 amide bonds. The number of hydrogen-bond donors (Lipinski definition) is 1. The molecule has 1 aromatic carbocycles. The van der Waals surface area contributed by atoms with Crippen molar-refractivity contribution >= 4 is 5.96 Å². The highest BCUT2D eigenvalue weighted by Crippen LogP contribution is 2.09. The van der Waals surface area contributed by atoms with Gasteiger partial charge in [0.25, 0.3) is 0 Å². The molecule has 4 nitrogen and oxygen atoms in total. The number of aryl methyl sites for hydroxylation is 1. The first-order valence-electron chi connectivity index (χ1n) is 8.13. The van der Waals surface area contributed by atoms with Crippen molar-refractivity contribution in [2.75, 3.05) is 20.1 Å². The Morgan fingerprint density at radius 2 is 2.04 bits per heavy atom. The molecule has 122 valence electrons. The van der Waals surface area contributed by atoms with E-state index in [1.165, 1.54) is 16.7 Å². The molecule has 0 radical (unpaired) electrons. The van der Waals surface area contributed by atoms with Crippen LogP contribution in [0.3, 0.4) is 0 Å². The van der Waals surface area contributed by atoms with E-state index in [0.29, 0.717) is 0 Å². The largest absolute Gasteiger partial charge is 0.357 e. The van der Waals surface area contributed by atoms with Crippen LogP contribution in [0.5, 0.6) is 0 Å². The molecule has 0 saturated heterocycles. The van der Waals surface area contributed by atoms with E-state index < -0.39 is 0 Å². The molecule has 0 fully saturated rings. The molecule has 2 rings (SSSR count). The first-order chi connectivity index (χ1) is 11.2. The predicted octanol–water partition coefficient (Wildman–Crippen LogP) is 3.03. The molecule has 1 heterocycles. The number of benzene rings is 1. The Labute approximate surface area is 139 Å². The van der Waals surface area contributed by atoms with Crippen molar-refractivity contribution < 1.29 is 0 Å². The van der Waals surface area contributed by atoms with E-state index in [-0.39, 0.29) is 0 Å². The number of nitrogens with zero attached hydrogens (tertiary/aromatic N) is 3. The average Bonchev–Trinajstić information content (AvgIpc) is 2.57. The van der Waals surface area contributed by atoms with Gasteiger partial charge in [-0.2, -0.15) is 0 Å². The third-order valence-corrected chi connectivity index (χ3v) is 3.75. The molecule has 0 aliphatic heterocycles. The summed E-state index contributed by atoms with van der Waals surface area (Å²) in [6.45, 7) is 6.72. The van der Waals surface area contributed by atoms with Gasteiger partial charge in [0.05, 0.1) is 0 Å². The SMILES string of the molecule is CCNC(=NCCc1cccnc1)N(C)Cc1ccccc1C. The molecule has 1 aromatic heterocycles. The van der Waals surface area contributed by atoms with Crippen molar-refractivity contribution in [3.05, 3.63) is 65.5 Å². The van der Waals surface area contributed by atoms with Gasteiger partial charge in [-0.05, 0) is 43.0 Å². The average molecular weight is 310 g/mol. The molecular formula is C19H26N4. The van der Waals surface area contributed by atoms with E-state index in [2.05, 4.69) is 66.4 Å². The second kappa shape index (κ2) is 8.93. The van der Waals surface area contributed by atoms with Gasteiger partial charge in [0.15, 0.2) is 5.96 Å². The Morgan fingerprint density at radius 3 is 2.74 bits per heavy atom. The van der Waals surface area contributed by atoms with E-state index in [4.69, 9.17) is 4.99 Å². The summed E-state index contributed by atoms with van der Waals surface area (Å²) in [5, 5.41) is 3.37. The standard InChI is InChI=1S/C19H26N4/c1-4-21-19(22-13-11-17-9-7-12-20-14-17)23(3)15-18-10-6-5-8-16(18)2/h5-10,12,14H,4,11,13,15H2,1-3H3,(H,21,22). The summed E-state index contributed by atoms with van der Waals surface area (Å²) in [7, 11) is 2.08. The fourth-order valence-corrected chi connectivity index (χ4v) is 2.42. The maximum Gasteiger partial charge on any atom is 0.193 e. The normalized spacial score (nSPS) is 11.3. The van der Waals surface area contributed by atoms with E-state index in [9.17, 15) is 0 Å². The fourth-order valence-electron chi connectivity index (χ4n) is 2.42. The highest BCUT2D eigenvalue weighted by molar-refractivity contribution is 5.79. The Balaban J connectivity index is 1.98. The van der Waals surface area contributed by atoms with Gasteiger partial charge < -0.3 is 10.2 Å². The summed E-state index contributed by atoms with van der Waals surface area (Å²) in [6.07, 6.45) is 4.60. The van der Waals surface area contributed by atoms with Crippen LogP contribution >= 0.6 is 0 Å². The molecule has 0 aliphatic carbocycles. The minimum atomic E-state index is 0.756. The Hall–Kier alpha value is -2.36. The van der Waals surface area contributed by atoms with E-state index in [0.717, 1.165) is 32.0 Å². The summed E-state index contributed by atoms with van der Waals surface area (Å²) in [6, 6.07) is 12.5. The van der Waals surface area contributed by atoms with Crippen molar-refractivity contribution in [1.29, 1.82) is 0 Å². The number of hydrogen-bond acceptors (Lipinski definition) is 2. The molecule has 0 atom stereocenters. The van der Waals surface area contributed by atoms with Gasteiger partial charge in [0, 0.05) is 39.1 Å². The van der Waals surface area contributed by atoms with Crippen LogP contribution in [0, 0.1) is 6.92 Å². The lowest BCUT2D eigenvalue weighted by molar-refractivity contribution is 0.476. The van der Waals surface area contributed by atoms with Crippen LogP contribution in [0.25, 0.3) is 0 Å². The molecule has 1 N–H and O–H groups in total. The summed E-state index contributed by atoms with van der Waals surface area (Å²) in [5.41, 5.74) is 3.85. The highest BCUT2D eigenvalue weighted by Gasteiger charge is 2.07. The van der Waals surface area contributed by atoms with Crippen LogP contribution in [0.15, 0.2) is 53.8 Å². The van der Waals surface area contributed by atoms with Crippen LogP contribution in [0.2, 0.25) is 0 Å². The molecule has 2 aromatic rings. The molecular weight excluding hydrogens is 284 g/mol. The molecule has 0 unspecified atom stereocenters. The van der Waals surface area contributed by atoms with E-state index in [1.807, 2.05) is 12.3 Å². The first-order valence-corrected chi connectivity index (χ1v) is 8.13. The van der Waals surface area contributed by atoms with Gasteiger partial charge in [0.2, 0.25) is 0 Å². The maximum atomic E-state index is 4.74. The third-order valence-electron chi connectivity index (χ3n) is 3.75. The molecule has 0 bridgehead atoms. The lowest BCUT2D eigenvalue weighted by Gasteiger charge is -2.23. The molecule has 4 heteroatoms. The fraction of sp³-hybridized carbons (Fsp3) is 0.368. The number of aliphatic imine (C=N–C) groups is 1. The highest BCUT2D eigenvalue weighted by atomic mass is 15.3. The number of pyridine rings is 1. The van der Waals surface area contributed by atoms with E-state index >= 15 is 0 Å². The maximum absolute atomic E-state index is 4.74. The van der Waals surface area contributed by atoms with Crippen molar-refractivity contribution in [2.45, 2.75) is 26.8 Å². The van der Waals surface area contributed by atoms with Gasteiger partial charge in [0.1, 0.15) is 0 Å². The number of nitrogens with one attached hydrogen (secondary N) is 1.